The first kappa shape index (κ1) is 14.0. The zero-order valence-corrected chi connectivity index (χ0v) is 12.6. The lowest BCUT2D eigenvalue weighted by atomic mass is 10.4. The van der Waals surface area contributed by atoms with E-state index in [1.165, 1.54) is 28.6 Å². The molecule has 4 nitrogen and oxygen atoms in total. The minimum absolute atomic E-state index is 0.341. The Bertz CT molecular complexity index is 391. The van der Waals surface area contributed by atoms with Gasteiger partial charge in [-0.2, -0.15) is 23.5 Å². The van der Waals surface area contributed by atoms with Crippen LogP contribution < -0.4 is 5.32 Å². The van der Waals surface area contributed by atoms with E-state index < -0.39 is 0 Å². The van der Waals surface area contributed by atoms with Gasteiger partial charge in [0.25, 0.3) is 0 Å². The molecule has 0 radical (unpaired) electrons. The number of hydrogen-bond acceptors (Lipinski definition) is 7. The van der Waals surface area contributed by atoms with Crippen LogP contribution in [0.4, 0.5) is 5.00 Å². The fraction of sp³-hybridized carbons (Fsp3) is 0.636. The van der Waals surface area contributed by atoms with Gasteiger partial charge in [0, 0.05) is 29.1 Å². The fourth-order valence-corrected chi connectivity index (χ4v) is 4.87. The lowest BCUT2D eigenvalue weighted by Gasteiger charge is -2.21. The van der Waals surface area contributed by atoms with E-state index >= 15 is 0 Å². The number of aromatic nitrogens is 1. The maximum Gasteiger partial charge on any atom is 0.360 e. The maximum absolute atomic E-state index is 11.7. The van der Waals surface area contributed by atoms with Crippen molar-refractivity contribution in [1.29, 1.82) is 0 Å². The molecule has 1 saturated heterocycles. The highest BCUT2D eigenvalue weighted by Crippen LogP contribution is 2.26. The van der Waals surface area contributed by atoms with Gasteiger partial charge >= 0.3 is 5.97 Å². The van der Waals surface area contributed by atoms with Crippen LogP contribution in [0.5, 0.6) is 0 Å². The number of carbonyl (C=O) groups is 1. The Labute approximate surface area is 119 Å². The lowest BCUT2D eigenvalue weighted by Crippen LogP contribution is -2.23. The molecule has 1 atom stereocenters. The number of esters is 1. The molecule has 1 fully saturated rings. The molecule has 0 aromatic carbocycles. The van der Waals surface area contributed by atoms with E-state index in [2.05, 4.69) is 10.3 Å². The van der Waals surface area contributed by atoms with Crippen molar-refractivity contribution in [1.82, 2.24) is 4.98 Å². The first-order valence-electron chi connectivity index (χ1n) is 5.85. The molecule has 2 heterocycles. The van der Waals surface area contributed by atoms with Gasteiger partial charge in [0.1, 0.15) is 5.00 Å². The van der Waals surface area contributed by atoms with Crippen molar-refractivity contribution in [3.8, 4) is 0 Å². The summed E-state index contributed by atoms with van der Waals surface area (Å²) >= 11 is 5.44. The number of carbonyl (C=O) groups excluding carboxylic acids is 1. The second-order valence-electron chi connectivity index (χ2n) is 3.70. The number of ether oxygens (including phenoxy) is 1. The van der Waals surface area contributed by atoms with Crippen molar-refractivity contribution < 1.29 is 9.53 Å². The third-order valence-corrected chi connectivity index (χ3v) is 6.04. The lowest BCUT2D eigenvalue weighted by molar-refractivity contribution is 0.0521. The number of thiazole rings is 1. The van der Waals surface area contributed by atoms with Gasteiger partial charge in [0.15, 0.2) is 5.69 Å². The Morgan fingerprint density at radius 2 is 2.50 bits per heavy atom. The Hall–Kier alpha value is -0.400. The van der Waals surface area contributed by atoms with E-state index in [0.717, 1.165) is 11.5 Å². The van der Waals surface area contributed by atoms with Crippen LogP contribution in [0.1, 0.15) is 17.4 Å². The highest BCUT2D eigenvalue weighted by atomic mass is 32.2. The number of rotatable bonds is 5. The minimum Gasteiger partial charge on any atom is -0.461 e. The molecule has 0 saturated carbocycles. The third-order valence-electron chi connectivity index (χ3n) is 2.41. The second-order valence-corrected chi connectivity index (χ2v) is 7.11. The standard InChI is InChI=1S/C11H16N2O2S3/c1-2-15-11(14)9-10(18-7-13-9)12-5-8-6-16-3-4-17-8/h7-8,12H,2-6H2,1H3. The van der Waals surface area contributed by atoms with Crippen LogP contribution in [0.3, 0.4) is 0 Å². The Balaban J connectivity index is 1.88. The van der Waals surface area contributed by atoms with Crippen molar-refractivity contribution >= 4 is 45.8 Å². The topological polar surface area (TPSA) is 51.2 Å². The van der Waals surface area contributed by atoms with Gasteiger partial charge < -0.3 is 10.1 Å². The van der Waals surface area contributed by atoms with Gasteiger partial charge in [0.2, 0.25) is 0 Å². The molecule has 1 aliphatic heterocycles. The number of hydrogen-bond donors (Lipinski definition) is 1. The van der Waals surface area contributed by atoms with Crippen LogP contribution in [0, 0.1) is 0 Å². The Morgan fingerprint density at radius 1 is 1.61 bits per heavy atom. The highest BCUT2D eigenvalue weighted by molar-refractivity contribution is 8.06. The largest absolute Gasteiger partial charge is 0.461 e. The molecule has 7 heteroatoms. The van der Waals surface area contributed by atoms with Gasteiger partial charge in [0.05, 0.1) is 12.1 Å². The summed E-state index contributed by atoms with van der Waals surface area (Å²) in [5, 5.41) is 4.76. The van der Waals surface area contributed by atoms with E-state index in [4.69, 9.17) is 4.74 Å². The van der Waals surface area contributed by atoms with Crippen LogP contribution in [0.2, 0.25) is 0 Å². The van der Waals surface area contributed by atoms with Crippen molar-refractivity contribution in [2.24, 2.45) is 0 Å². The molecule has 2 rings (SSSR count). The molecule has 1 unspecified atom stereocenters. The van der Waals surface area contributed by atoms with E-state index in [1.54, 1.807) is 12.4 Å². The fourth-order valence-electron chi connectivity index (χ4n) is 1.58. The Morgan fingerprint density at radius 3 is 3.22 bits per heavy atom. The van der Waals surface area contributed by atoms with Crippen molar-refractivity contribution in [2.45, 2.75) is 12.2 Å². The zero-order valence-electron chi connectivity index (χ0n) is 10.2. The number of thioether (sulfide) groups is 2. The summed E-state index contributed by atoms with van der Waals surface area (Å²) in [5.74, 6) is 3.29. The quantitative estimate of drug-likeness (QED) is 0.844. The molecular weight excluding hydrogens is 288 g/mol. The molecule has 1 N–H and O–H groups in total. The van der Waals surface area contributed by atoms with Gasteiger partial charge in [-0.3, -0.25) is 0 Å². The molecule has 0 spiro atoms. The summed E-state index contributed by atoms with van der Waals surface area (Å²) in [6.07, 6.45) is 0. The number of nitrogens with zero attached hydrogens (tertiary/aromatic N) is 1. The van der Waals surface area contributed by atoms with E-state index in [-0.39, 0.29) is 5.97 Å². The third kappa shape index (κ3) is 3.80. The summed E-state index contributed by atoms with van der Waals surface area (Å²) in [5.41, 5.74) is 2.09. The number of anilines is 1. The predicted octanol–water partition coefficient (Wildman–Crippen LogP) is 2.58. The zero-order chi connectivity index (χ0) is 12.8. The molecule has 1 aliphatic rings. The minimum atomic E-state index is -0.341. The highest BCUT2D eigenvalue weighted by Gasteiger charge is 2.18. The summed E-state index contributed by atoms with van der Waals surface area (Å²) in [6, 6.07) is 0. The van der Waals surface area contributed by atoms with Crippen LogP contribution in [0.15, 0.2) is 5.51 Å². The molecular formula is C11H16N2O2S3. The van der Waals surface area contributed by atoms with Gasteiger partial charge in [-0.15, -0.1) is 11.3 Å². The first-order chi connectivity index (χ1) is 8.81. The van der Waals surface area contributed by atoms with Crippen molar-refractivity contribution in [3.63, 3.8) is 0 Å². The molecule has 0 amide bonds. The van der Waals surface area contributed by atoms with Gasteiger partial charge in [-0.25, -0.2) is 9.78 Å². The summed E-state index contributed by atoms with van der Waals surface area (Å²) < 4.78 is 4.97. The molecule has 0 aliphatic carbocycles. The van der Waals surface area contributed by atoms with E-state index in [1.807, 2.05) is 23.5 Å². The molecule has 0 bridgehead atoms. The van der Waals surface area contributed by atoms with Crippen LogP contribution in [0.25, 0.3) is 0 Å². The van der Waals surface area contributed by atoms with Crippen LogP contribution in [-0.2, 0) is 4.74 Å². The summed E-state index contributed by atoms with van der Waals surface area (Å²) in [6.45, 7) is 3.06. The average molecular weight is 304 g/mol. The number of nitrogens with one attached hydrogen (secondary N) is 1. The SMILES string of the molecule is CCOC(=O)c1ncsc1NCC1CSCCS1. The van der Waals surface area contributed by atoms with Crippen molar-refractivity contribution in [3.05, 3.63) is 11.2 Å². The monoisotopic (exact) mass is 304 g/mol. The smallest absolute Gasteiger partial charge is 0.360 e. The van der Waals surface area contributed by atoms with Crippen molar-refractivity contribution in [2.75, 3.05) is 35.7 Å². The molecule has 18 heavy (non-hydrogen) atoms. The van der Waals surface area contributed by atoms with Gasteiger partial charge in [-0.1, -0.05) is 0 Å². The first-order valence-corrected chi connectivity index (χ1v) is 8.93. The Kier molecular flexibility index (Phi) is 5.65. The predicted molar refractivity (Wildman–Crippen MR) is 80.1 cm³/mol. The normalized spacial score (nSPS) is 19.5. The van der Waals surface area contributed by atoms with E-state index in [0.29, 0.717) is 17.6 Å². The molecule has 100 valence electrons. The van der Waals surface area contributed by atoms with E-state index in [9.17, 15) is 4.79 Å². The van der Waals surface area contributed by atoms with Crippen LogP contribution in [-0.4, -0.2) is 46.6 Å². The average Bonchev–Trinajstić information content (AvgIpc) is 2.86. The summed E-state index contributed by atoms with van der Waals surface area (Å²) in [4.78, 5) is 15.7. The second kappa shape index (κ2) is 7.25. The van der Waals surface area contributed by atoms with Crippen LogP contribution >= 0.6 is 34.9 Å². The molecule has 1 aromatic rings. The molecule has 1 aromatic heterocycles. The maximum atomic E-state index is 11.7. The van der Waals surface area contributed by atoms with Gasteiger partial charge in [-0.05, 0) is 6.92 Å². The summed E-state index contributed by atoms with van der Waals surface area (Å²) in [7, 11) is 0.